The number of fused-ring (bicyclic) bond motifs is 3. The van der Waals surface area contributed by atoms with Gasteiger partial charge in [0.1, 0.15) is 22.2 Å². The van der Waals surface area contributed by atoms with Crippen molar-refractivity contribution in [3.63, 3.8) is 0 Å². The summed E-state index contributed by atoms with van der Waals surface area (Å²) in [5.74, 6) is 3.27. The fourth-order valence-corrected chi connectivity index (χ4v) is 5.84. The highest BCUT2D eigenvalue weighted by Gasteiger charge is 2.22. The van der Waals surface area contributed by atoms with Crippen LogP contribution >= 0.6 is 34.7 Å². The van der Waals surface area contributed by atoms with E-state index >= 15 is 0 Å². The van der Waals surface area contributed by atoms with Crippen LogP contribution in [-0.2, 0) is 18.6 Å². The number of aryl methyl sites for hydroxylation is 2. The molecule has 0 fully saturated rings. The molecule has 1 aliphatic carbocycles. The number of halogens is 1. The van der Waals surface area contributed by atoms with Gasteiger partial charge in [0.15, 0.2) is 0 Å². The van der Waals surface area contributed by atoms with Crippen molar-refractivity contribution < 1.29 is 4.74 Å². The van der Waals surface area contributed by atoms with Gasteiger partial charge in [0.25, 0.3) is 0 Å². The lowest BCUT2D eigenvalue weighted by Gasteiger charge is -2.11. The number of anilines is 2. The van der Waals surface area contributed by atoms with Gasteiger partial charge < -0.3 is 10.1 Å². The number of methoxy groups -OCH3 is 1. The zero-order valence-corrected chi connectivity index (χ0v) is 18.8. The average Bonchev–Trinajstić information content (AvgIpc) is 3.35. The Labute approximate surface area is 188 Å². The maximum absolute atomic E-state index is 6.00. The van der Waals surface area contributed by atoms with E-state index in [9.17, 15) is 0 Å². The normalized spacial score (nSPS) is 12.9. The molecule has 0 bridgehead atoms. The summed E-state index contributed by atoms with van der Waals surface area (Å²) in [6.07, 6.45) is 3.47. The van der Waals surface area contributed by atoms with Crippen LogP contribution in [0.25, 0.3) is 10.2 Å². The van der Waals surface area contributed by atoms with E-state index in [0.29, 0.717) is 5.75 Å². The van der Waals surface area contributed by atoms with E-state index in [1.54, 1.807) is 18.9 Å². The summed E-state index contributed by atoms with van der Waals surface area (Å²) in [7, 11) is 1.68. The second kappa shape index (κ2) is 8.46. The van der Waals surface area contributed by atoms with Crippen molar-refractivity contribution in [2.24, 2.45) is 0 Å². The van der Waals surface area contributed by atoms with Crippen molar-refractivity contribution in [2.75, 3.05) is 12.4 Å². The number of ether oxygens (including phenoxy) is 1. The molecule has 5 rings (SSSR count). The van der Waals surface area contributed by atoms with Crippen molar-refractivity contribution in [1.82, 2.24) is 9.97 Å². The van der Waals surface area contributed by atoms with Gasteiger partial charge in [0.05, 0.1) is 18.2 Å². The molecule has 1 aliphatic rings. The van der Waals surface area contributed by atoms with Crippen molar-refractivity contribution in [1.29, 1.82) is 0 Å². The van der Waals surface area contributed by atoms with E-state index in [-0.39, 0.29) is 0 Å². The van der Waals surface area contributed by atoms with Crippen LogP contribution in [0.15, 0.2) is 53.4 Å². The highest BCUT2D eigenvalue weighted by Crippen LogP contribution is 2.40. The minimum atomic E-state index is 0.706. The molecule has 0 saturated heterocycles. The maximum Gasteiger partial charge on any atom is 0.143 e. The summed E-state index contributed by atoms with van der Waals surface area (Å²) in [5.41, 5.74) is 2.41. The molecule has 0 spiro atoms. The van der Waals surface area contributed by atoms with Crippen molar-refractivity contribution in [3.05, 3.63) is 69.8 Å². The number of aromatic nitrogens is 2. The monoisotopic (exact) mass is 453 g/mol. The summed E-state index contributed by atoms with van der Waals surface area (Å²) in [6, 6.07) is 15.8. The Kier molecular flexibility index (Phi) is 5.54. The molecular weight excluding hydrogens is 434 g/mol. The quantitative estimate of drug-likeness (QED) is 0.322. The summed E-state index contributed by atoms with van der Waals surface area (Å²) in [6.45, 7) is 0. The zero-order chi connectivity index (χ0) is 20.5. The van der Waals surface area contributed by atoms with Crippen LogP contribution in [0.2, 0.25) is 5.02 Å². The zero-order valence-electron chi connectivity index (χ0n) is 16.4. The van der Waals surface area contributed by atoms with E-state index in [1.165, 1.54) is 22.2 Å². The number of nitrogens with one attached hydrogen (secondary N) is 1. The lowest BCUT2D eigenvalue weighted by molar-refractivity contribution is 0.415. The second-order valence-corrected chi connectivity index (χ2v) is 9.69. The molecule has 152 valence electrons. The summed E-state index contributed by atoms with van der Waals surface area (Å²) >= 11 is 9.53. The topological polar surface area (TPSA) is 47.0 Å². The molecule has 0 amide bonds. The van der Waals surface area contributed by atoms with Crippen LogP contribution in [0.5, 0.6) is 5.75 Å². The first-order valence-corrected chi connectivity index (χ1v) is 12.0. The summed E-state index contributed by atoms with van der Waals surface area (Å²) in [5, 5.41) is 5.46. The van der Waals surface area contributed by atoms with Gasteiger partial charge in [0, 0.05) is 20.5 Å². The number of hydrogen-bond donors (Lipinski definition) is 1. The van der Waals surface area contributed by atoms with Gasteiger partial charge in [-0.25, -0.2) is 9.97 Å². The molecule has 0 aliphatic heterocycles. The average molecular weight is 454 g/mol. The molecular formula is C23H20ClN3OS2. The third kappa shape index (κ3) is 4.00. The molecule has 2 aromatic carbocycles. The Morgan fingerprint density at radius 3 is 2.63 bits per heavy atom. The Morgan fingerprint density at radius 2 is 1.87 bits per heavy atom. The van der Waals surface area contributed by atoms with Crippen LogP contribution in [0.1, 0.15) is 22.7 Å². The molecule has 0 radical (unpaired) electrons. The van der Waals surface area contributed by atoms with E-state index < -0.39 is 0 Å². The van der Waals surface area contributed by atoms with Gasteiger partial charge in [-0.1, -0.05) is 11.6 Å². The molecule has 0 atom stereocenters. The standard InChI is InChI=1S/C23H20ClN3OS2/c1-28-16-9-7-15(8-10-16)25-22-21-18-3-2-4-19(18)30-23(21)27-20(26-22)13-29-17-11-5-14(24)6-12-17/h5-12H,2-4,13H2,1H3,(H,25,26,27). The number of thioether (sulfide) groups is 1. The predicted molar refractivity (Wildman–Crippen MR) is 127 cm³/mol. The Hall–Kier alpha value is -2.28. The number of benzene rings is 2. The Balaban J connectivity index is 1.48. The van der Waals surface area contributed by atoms with Gasteiger partial charge in [-0.2, -0.15) is 0 Å². The highest BCUT2D eigenvalue weighted by atomic mass is 35.5. The van der Waals surface area contributed by atoms with E-state index in [2.05, 4.69) is 5.32 Å². The highest BCUT2D eigenvalue weighted by molar-refractivity contribution is 7.98. The first kappa shape index (κ1) is 19.7. The first-order chi connectivity index (χ1) is 14.7. The fraction of sp³-hybridized carbons (Fsp3) is 0.217. The molecule has 1 N–H and O–H groups in total. The predicted octanol–water partition coefficient (Wildman–Crippen LogP) is 6.88. The number of hydrogen-bond acceptors (Lipinski definition) is 6. The second-order valence-electron chi connectivity index (χ2n) is 7.12. The third-order valence-corrected chi connectivity index (χ3v) is 7.59. The van der Waals surface area contributed by atoms with Gasteiger partial charge >= 0.3 is 0 Å². The van der Waals surface area contributed by atoms with E-state index in [1.807, 2.05) is 59.9 Å². The number of thiophene rings is 1. The van der Waals surface area contributed by atoms with Crippen LogP contribution in [0.3, 0.4) is 0 Å². The molecule has 30 heavy (non-hydrogen) atoms. The van der Waals surface area contributed by atoms with Crippen molar-refractivity contribution in [3.8, 4) is 5.75 Å². The summed E-state index contributed by atoms with van der Waals surface area (Å²) < 4.78 is 5.28. The van der Waals surface area contributed by atoms with Gasteiger partial charge in [-0.3, -0.25) is 0 Å². The number of rotatable bonds is 6. The molecule has 7 heteroatoms. The SMILES string of the molecule is COc1ccc(Nc2nc(CSc3ccc(Cl)cc3)nc3sc4c(c23)CCC4)cc1. The lowest BCUT2D eigenvalue weighted by Crippen LogP contribution is -2.01. The smallest absolute Gasteiger partial charge is 0.143 e. The molecule has 4 nitrogen and oxygen atoms in total. The van der Waals surface area contributed by atoms with Crippen LogP contribution in [0, 0.1) is 0 Å². The van der Waals surface area contributed by atoms with Gasteiger partial charge in [-0.15, -0.1) is 23.1 Å². The van der Waals surface area contributed by atoms with Gasteiger partial charge in [0.2, 0.25) is 0 Å². The molecule has 0 unspecified atom stereocenters. The number of nitrogens with zero attached hydrogens (tertiary/aromatic N) is 2. The van der Waals surface area contributed by atoms with Gasteiger partial charge in [-0.05, 0) is 73.4 Å². The summed E-state index contributed by atoms with van der Waals surface area (Å²) in [4.78, 5) is 13.5. The Morgan fingerprint density at radius 1 is 1.07 bits per heavy atom. The minimum Gasteiger partial charge on any atom is -0.497 e. The molecule has 2 aromatic heterocycles. The van der Waals surface area contributed by atoms with Crippen LogP contribution in [0.4, 0.5) is 11.5 Å². The van der Waals surface area contributed by atoms with Crippen LogP contribution in [-0.4, -0.2) is 17.1 Å². The van der Waals surface area contributed by atoms with E-state index in [4.69, 9.17) is 26.3 Å². The Bertz CT molecular complexity index is 1190. The minimum absolute atomic E-state index is 0.706. The van der Waals surface area contributed by atoms with Crippen LogP contribution < -0.4 is 10.1 Å². The molecule has 0 saturated carbocycles. The molecule has 4 aromatic rings. The van der Waals surface area contributed by atoms with Crippen molar-refractivity contribution >= 4 is 56.4 Å². The van der Waals surface area contributed by atoms with Crippen molar-refractivity contribution in [2.45, 2.75) is 29.9 Å². The van der Waals surface area contributed by atoms with E-state index in [0.717, 1.165) is 50.7 Å². The lowest BCUT2D eigenvalue weighted by atomic mass is 10.2. The molecule has 2 heterocycles. The first-order valence-electron chi connectivity index (χ1n) is 9.80. The largest absolute Gasteiger partial charge is 0.497 e. The third-order valence-electron chi connectivity index (χ3n) is 5.15. The maximum atomic E-state index is 6.00. The fourth-order valence-electron chi connectivity index (χ4n) is 3.68.